The average Bonchev–Trinajstić information content (AvgIpc) is 3.99. The first-order valence-electron chi connectivity index (χ1n) is 17.5. The smallest absolute Gasteiger partial charge is 0.115 e. The molecule has 0 unspecified atom stereocenters. The maximum Gasteiger partial charge on any atom is 0.115 e. The van der Waals surface area contributed by atoms with Gasteiger partial charge in [0.2, 0.25) is 0 Å². The van der Waals surface area contributed by atoms with Gasteiger partial charge in [-0.15, -0.1) is 0 Å². The number of aromatic nitrogens is 4. The van der Waals surface area contributed by atoms with E-state index in [1.54, 1.807) is 12.1 Å². The van der Waals surface area contributed by atoms with Crippen LogP contribution in [0, 0.1) is 20.8 Å². The fourth-order valence-electron chi connectivity index (χ4n) is 7.21. The quantitative estimate of drug-likeness (QED) is 0.157. The van der Waals surface area contributed by atoms with E-state index in [4.69, 9.17) is 9.97 Å². The molecule has 3 N–H and O–H groups in total. The molecule has 2 aliphatic rings. The van der Waals surface area contributed by atoms with Crippen LogP contribution < -0.4 is 0 Å². The summed E-state index contributed by atoms with van der Waals surface area (Å²) in [7, 11) is 0. The first kappa shape index (κ1) is 34.0. The van der Waals surface area contributed by atoms with Gasteiger partial charge in [0.1, 0.15) is 5.75 Å². The fourth-order valence-corrected chi connectivity index (χ4v) is 7.21. The molecule has 3 aromatic heterocycles. The number of hydrogen-bond donors (Lipinski definition) is 3. The van der Waals surface area contributed by atoms with Crippen molar-refractivity contribution in [1.82, 2.24) is 19.9 Å². The summed E-state index contributed by atoms with van der Waals surface area (Å²) in [5.74, 6) is 0.216. The van der Waals surface area contributed by atoms with Gasteiger partial charge in [0.25, 0.3) is 0 Å². The summed E-state index contributed by atoms with van der Waals surface area (Å²) in [4.78, 5) is 18.3. The normalized spacial score (nSPS) is 11.8. The Balaban J connectivity index is 0.00000400. The second-order valence-electron chi connectivity index (χ2n) is 13.6. The summed E-state index contributed by atoms with van der Waals surface area (Å²) >= 11 is 0. The van der Waals surface area contributed by atoms with Crippen molar-refractivity contribution in [3.63, 3.8) is 0 Å². The van der Waals surface area contributed by atoms with Crippen molar-refractivity contribution in [1.29, 1.82) is 0 Å². The predicted octanol–water partition coefficient (Wildman–Crippen LogP) is 12.0. The standard InChI is InChI=1S/C47H36N4O.Zn/c1-28-4-10-31(11-5-28)44-36-20-22-38(48-36)45(32-12-6-29(2)7-13-32)40-24-26-42(50-40)47(34-16-18-35(52)19-17-34)43-27-25-41(51-43)46(39-23-21-37(44)49-39)33-14-8-30(3)9-15-33;/h4-27,48,51-52H,1-3H3;. The number of aryl methyl sites for hydroxylation is 3. The third-order valence-electron chi connectivity index (χ3n) is 9.93. The van der Waals surface area contributed by atoms with Crippen LogP contribution in [0.5, 0.6) is 5.75 Å². The zero-order valence-corrected chi connectivity index (χ0v) is 32.9. The summed E-state index contributed by atoms with van der Waals surface area (Å²) in [6.45, 7) is 6.32. The van der Waals surface area contributed by atoms with Crippen LogP contribution in [0.4, 0.5) is 0 Å². The fraction of sp³-hybridized carbons (Fsp3) is 0.0638. The number of aromatic amines is 2. The third-order valence-corrected chi connectivity index (χ3v) is 9.93. The van der Waals surface area contributed by atoms with Gasteiger partial charge >= 0.3 is 0 Å². The largest absolute Gasteiger partial charge is 0.508 e. The van der Waals surface area contributed by atoms with E-state index in [1.165, 1.54) is 16.7 Å². The number of nitrogens with zero attached hydrogens (tertiary/aromatic N) is 2. The Morgan fingerprint density at radius 2 is 0.604 bits per heavy atom. The zero-order chi connectivity index (χ0) is 35.3. The Morgan fingerprint density at radius 1 is 0.358 bits per heavy atom. The van der Waals surface area contributed by atoms with Gasteiger partial charge in [-0.2, -0.15) is 0 Å². The first-order chi connectivity index (χ1) is 25.4. The van der Waals surface area contributed by atoms with E-state index in [2.05, 4.69) is 152 Å². The molecule has 0 amide bonds. The molecule has 0 fully saturated rings. The van der Waals surface area contributed by atoms with Crippen LogP contribution in [0.25, 0.3) is 90.9 Å². The number of H-pyrrole nitrogens is 2. The minimum atomic E-state index is 0. The van der Waals surface area contributed by atoms with Gasteiger partial charge in [-0.1, -0.05) is 102 Å². The van der Waals surface area contributed by atoms with Gasteiger partial charge in [-0.3, -0.25) is 0 Å². The van der Waals surface area contributed by atoms with Gasteiger partial charge in [0, 0.05) is 63.8 Å². The zero-order valence-electron chi connectivity index (χ0n) is 29.9. The Kier molecular flexibility index (Phi) is 8.85. The van der Waals surface area contributed by atoms with Gasteiger partial charge < -0.3 is 15.1 Å². The molecule has 252 valence electrons. The van der Waals surface area contributed by atoms with Crippen LogP contribution in [-0.2, 0) is 19.5 Å². The number of phenolic OH excluding ortho intramolecular Hbond substituents is 1. The van der Waals surface area contributed by atoms with E-state index in [1.807, 2.05) is 12.1 Å². The maximum absolute atomic E-state index is 10.2. The minimum Gasteiger partial charge on any atom is -0.508 e. The number of nitrogens with one attached hydrogen (secondary N) is 2. The minimum absolute atomic E-state index is 0. The van der Waals surface area contributed by atoms with Crippen LogP contribution in [0.1, 0.15) is 39.5 Å². The van der Waals surface area contributed by atoms with E-state index < -0.39 is 0 Å². The molecule has 4 aromatic carbocycles. The van der Waals surface area contributed by atoms with Crippen LogP contribution in [0.15, 0.2) is 121 Å². The van der Waals surface area contributed by atoms with Crippen molar-refractivity contribution in [3.05, 3.63) is 161 Å². The Hall–Kier alpha value is -6.10. The predicted molar refractivity (Wildman–Crippen MR) is 216 cm³/mol. The molecule has 0 spiro atoms. The number of benzene rings is 4. The molecule has 0 saturated carbocycles. The van der Waals surface area contributed by atoms with Gasteiger partial charge in [-0.25, -0.2) is 9.97 Å². The van der Waals surface area contributed by atoms with E-state index in [0.29, 0.717) is 0 Å². The Bertz CT molecular complexity index is 2360. The topological polar surface area (TPSA) is 77.6 Å². The van der Waals surface area contributed by atoms with Crippen molar-refractivity contribution in [2.24, 2.45) is 0 Å². The Morgan fingerprint density at radius 3 is 0.868 bits per heavy atom. The SMILES string of the molecule is Cc1ccc(-c2c3nc(c(-c4ccc(C)cc4)c4ccc([nH]4)c(-c4ccc(O)cc4)c4nc(c(-c5ccc(C)cc5)c5ccc2[nH]5)C=C4)C=C3)cc1.[Zn]. The van der Waals surface area contributed by atoms with E-state index in [0.717, 1.165) is 89.4 Å². The van der Waals surface area contributed by atoms with Crippen molar-refractivity contribution in [2.75, 3.05) is 0 Å². The maximum atomic E-state index is 10.2. The number of fused-ring (bicyclic) bond motifs is 8. The Labute approximate surface area is 321 Å². The third kappa shape index (κ3) is 6.36. The molecule has 5 nitrogen and oxygen atoms in total. The molecule has 8 bridgehead atoms. The molecule has 2 aliphatic heterocycles. The summed E-state index contributed by atoms with van der Waals surface area (Å²) < 4.78 is 0. The van der Waals surface area contributed by atoms with Crippen LogP contribution in [0.2, 0.25) is 0 Å². The van der Waals surface area contributed by atoms with Crippen LogP contribution >= 0.6 is 0 Å². The summed E-state index contributed by atoms with van der Waals surface area (Å²) in [6.07, 6.45) is 8.45. The molecule has 53 heavy (non-hydrogen) atoms. The summed E-state index contributed by atoms with van der Waals surface area (Å²) in [5.41, 5.74) is 19.0. The van der Waals surface area contributed by atoms with Crippen molar-refractivity contribution >= 4 is 46.4 Å². The van der Waals surface area contributed by atoms with Crippen LogP contribution in [-0.4, -0.2) is 25.0 Å². The molecule has 9 rings (SSSR count). The van der Waals surface area contributed by atoms with Crippen LogP contribution in [0.3, 0.4) is 0 Å². The number of hydrogen-bond acceptors (Lipinski definition) is 3. The second kappa shape index (κ2) is 13.8. The molecule has 5 heterocycles. The number of rotatable bonds is 4. The van der Waals surface area contributed by atoms with E-state index in [9.17, 15) is 5.11 Å². The molecular formula is C47H36N4OZn. The van der Waals surface area contributed by atoms with Crippen molar-refractivity contribution < 1.29 is 24.6 Å². The molecule has 0 atom stereocenters. The first-order valence-corrected chi connectivity index (χ1v) is 17.5. The molecule has 0 radical (unpaired) electrons. The monoisotopic (exact) mass is 736 g/mol. The molecule has 0 saturated heterocycles. The molecule has 0 aliphatic carbocycles. The number of aromatic hydroxyl groups is 1. The second-order valence-corrected chi connectivity index (χ2v) is 13.6. The average molecular weight is 738 g/mol. The molecule has 6 heteroatoms. The summed E-state index contributed by atoms with van der Waals surface area (Å²) in [5, 5.41) is 10.2. The van der Waals surface area contributed by atoms with Gasteiger partial charge in [-0.05, 0) is 104 Å². The molecule has 7 aromatic rings. The molecular weight excluding hydrogens is 702 g/mol. The van der Waals surface area contributed by atoms with Crippen molar-refractivity contribution in [2.45, 2.75) is 20.8 Å². The number of phenols is 1. The summed E-state index contributed by atoms with van der Waals surface area (Å²) in [6, 6.07) is 41.8. The van der Waals surface area contributed by atoms with E-state index >= 15 is 0 Å². The van der Waals surface area contributed by atoms with Crippen molar-refractivity contribution in [3.8, 4) is 50.3 Å². The van der Waals surface area contributed by atoms with E-state index in [-0.39, 0.29) is 25.2 Å². The van der Waals surface area contributed by atoms with Gasteiger partial charge in [0.15, 0.2) is 0 Å². The van der Waals surface area contributed by atoms with Gasteiger partial charge in [0.05, 0.1) is 22.8 Å².